The number of ketones is 1. The minimum atomic E-state index is -0.0740. The van der Waals surface area contributed by atoms with Crippen molar-refractivity contribution in [2.45, 2.75) is 53.5 Å². The molecular weight excluding hydrogens is 222 g/mol. The molecule has 1 rings (SSSR count). The third-order valence-electron chi connectivity index (χ3n) is 3.45. The molecule has 0 heterocycles. The number of benzene rings is 1. The van der Waals surface area contributed by atoms with Gasteiger partial charge in [0.2, 0.25) is 0 Å². The van der Waals surface area contributed by atoms with Gasteiger partial charge in [-0.25, -0.2) is 0 Å². The standard InChI is InChI=1S/C16H25NO/c1-11-6-7-12(2)13(8-11)9-14(18)10-15(17)16(3,4)5/h6-8,15H,9-10,17H2,1-5H3. The van der Waals surface area contributed by atoms with Crippen LogP contribution in [0, 0.1) is 19.3 Å². The highest BCUT2D eigenvalue weighted by Crippen LogP contribution is 2.21. The van der Waals surface area contributed by atoms with Crippen molar-refractivity contribution in [2.75, 3.05) is 0 Å². The van der Waals surface area contributed by atoms with Gasteiger partial charge in [0.25, 0.3) is 0 Å². The molecule has 0 aromatic heterocycles. The summed E-state index contributed by atoms with van der Waals surface area (Å²) in [5, 5.41) is 0. The van der Waals surface area contributed by atoms with Gasteiger partial charge in [0.1, 0.15) is 5.78 Å². The van der Waals surface area contributed by atoms with Crippen LogP contribution in [0.4, 0.5) is 0 Å². The van der Waals surface area contributed by atoms with Crippen molar-refractivity contribution >= 4 is 5.78 Å². The molecule has 2 nitrogen and oxygen atoms in total. The van der Waals surface area contributed by atoms with Gasteiger partial charge in [0.05, 0.1) is 0 Å². The van der Waals surface area contributed by atoms with Gasteiger partial charge < -0.3 is 5.73 Å². The van der Waals surface area contributed by atoms with E-state index in [9.17, 15) is 4.79 Å². The minimum Gasteiger partial charge on any atom is -0.327 e. The topological polar surface area (TPSA) is 43.1 Å². The highest BCUT2D eigenvalue weighted by molar-refractivity contribution is 5.81. The van der Waals surface area contributed by atoms with Crippen molar-refractivity contribution in [1.29, 1.82) is 0 Å². The second-order valence-corrected chi connectivity index (χ2v) is 6.32. The fourth-order valence-electron chi connectivity index (χ4n) is 1.83. The summed E-state index contributed by atoms with van der Waals surface area (Å²) >= 11 is 0. The lowest BCUT2D eigenvalue weighted by Gasteiger charge is -2.26. The summed E-state index contributed by atoms with van der Waals surface area (Å²) in [7, 11) is 0. The van der Waals surface area contributed by atoms with Crippen molar-refractivity contribution < 1.29 is 4.79 Å². The van der Waals surface area contributed by atoms with E-state index in [1.54, 1.807) is 0 Å². The normalized spacial score (nSPS) is 13.4. The molecule has 1 atom stereocenters. The summed E-state index contributed by atoms with van der Waals surface area (Å²) in [6, 6.07) is 6.16. The molecule has 0 fully saturated rings. The van der Waals surface area contributed by atoms with E-state index in [4.69, 9.17) is 5.73 Å². The molecule has 1 aromatic carbocycles. The van der Waals surface area contributed by atoms with E-state index in [-0.39, 0.29) is 17.2 Å². The van der Waals surface area contributed by atoms with Crippen LogP contribution in [0.2, 0.25) is 0 Å². The monoisotopic (exact) mass is 247 g/mol. The molecule has 0 bridgehead atoms. The predicted molar refractivity (Wildman–Crippen MR) is 76.7 cm³/mol. The zero-order valence-electron chi connectivity index (χ0n) is 12.2. The first-order valence-corrected chi connectivity index (χ1v) is 6.53. The van der Waals surface area contributed by atoms with Gasteiger partial charge in [-0.2, -0.15) is 0 Å². The number of rotatable bonds is 4. The predicted octanol–water partition coefficient (Wildman–Crippen LogP) is 3.18. The Morgan fingerprint density at radius 1 is 1.28 bits per heavy atom. The fourth-order valence-corrected chi connectivity index (χ4v) is 1.83. The van der Waals surface area contributed by atoms with Crippen molar-refractivity contribution in [3.05, 3.63) is 34.9 Å². The van der Waals surface area contributed by atoms with E-state index in [1.165, 1.54) is 11.1 Å². The van der Waals surface area contributed by atoms with E-state index in [2.05, 4.69) is 39.0 Å². The van der Waals surface area contributed by atoms with Crippen LogP contribution in [0.5, 0.6) is 0 Å². The smallest absolute Gasteiger partial charge is 0.138 e. The lowest BCUT2D eigenvalue weighted by Crippen LogP contribution is -2.37. The molecule has 0 amide bonds. The van der Waals surface area contributed by atoms with E-state index in [0.29, 0.717) is 12.8 Å². The summed E-state index contributed by atoms with van der Waals surface area (Å²) in [6.45, 7) is 10.3. The number of hydrogen-bond donors (Lipinski definition) is 1. The highest BCUT2D eigenvalue weighted by atomic mass is 16.1. The average molecular weight is 247 g/mol. The Hall–Kier alpha value is -1.15. The number of Topliss-reactive ketones (excluding diaryl/α,β-unsaturated/α-hetero) is 1. The third kappa shape index (κ3) is 4.26. The van der Waals surface area contributed by atoms with E-state index in [0.717, 1.165) is 5.56 Å². The van der Waals surface area contributed by atoms with Gasteiger partial charge in [-0.3, -0.25) is 4.79 Å². The molecule has 1 unspecified atom stereocenters. The maximum Gasteiger partial charge on any atom is 0.138 e. The van der Waals surface area contributed by atoms with Gasteiger partial charge in [-0.1, -0.05) is 44.5 Å². The maximum atomic E-state index is 12.1. The Balaban J connectivity index is 2.68. The molecule has 0 spiro atoms. The Bertz CT molecular complexity index is 429. The molecule has 0 aliphatic rings. The van der Waals surface area contributed by atoms with Crippen LogP contribution in [-0.2, 0) is 11.2 Å². The molecule has 0 saturated carbocycles. The molecule has 100 valence electrons. The summed E-state index contributed by atoms with van der Waals surface area (Å²) in [4.78, 5) is 12.1. The zero-order chi connectivity index (χ0) is 13.9. The second-order valence-electron chi connectivity index (χ2n) is 6.32. The first-order valence-electron chi connectivity index (χ1n) is 6.53. The van der Waals surface area contributed by atoms with Gasteiger partial charge in [-0.05, 0) is 30.4 Å². The van der Waals surface area contributed by atoms with Gasteiger partial charge in [0.15, 0.2) is 0 Å². The lowest BCUT2D eigenvalue weighted by molar-refractivity contribution is -0.119. The maximum absolute atomic E-state index is 12.1. The summed E-state index contributed by atoms with van der Waals surface area (Å²) < 4.78 is 0. The van der Waals surface area contributed by atoms with Gasteiger partial charge >= 0.3 is 0 Å². The Morgan fingerprint density at radius 3 is 2.44 bits per heavy atom. The summed E-state index contributed by atoms with van der Waals surface area (Å²) in [6.07, 6.45) is 0.953. The van der Waals surface area contributed by atoms with Crippen LogP contribution in [-0.4, -0.2) is 11.8 Å². The van der Waals surface area contributed by atoms with Crippen LogP contribution in [0.1, 0.15) is 43.9 Å². The van der Waals surface area contributed by atoms with E-state index in [1.807, 2.05) is 13.8 Å². The average Bonchev–Trinajstić information content (AvgIpc) is 2.22. The number of hydrogen-bond acceptors (Lipinski definition) is 2. The first-order chi connectivity index (χ1) is 8.20. The molecule has 0 saturated heterocycles. The number of carbonyl (C=O) groups is 1. The molecule has 0 aliphatic heterocycles. The molecule has 2 heteroatoms. The Labute approximate surface area is 111 Å². The number of nitrogens with two attached hydrogens (primary N) is 1. The largest absolute Gasteiger partial charge is 0.327 e. The van der Waals surface area contributed by atoms with Crippen LogP contribution >= 0.6 is 0 Å². The molecule has 2 N–H and O–H groups in total. The molecule has 1 aromatic rings. The summed E-state index contributed by atoms with van der Waals surface area (Å²) in [5.74, 6) is 0.228. The van der Waals surface area contributed by atoms with Crippen molar-refractivity contribution in [2.24, 2.45) is 11.1 Å². The molecule has 18 heavy (non-hydrogen) atoms. The van der Waals surface area contributed by atoms with Crippen LogP contribution in [0.3, 0.4) is 0 Å². The second kappa shape index (κ2) is 5.66. The number of aryl methyl sites for hydroxylation is 2. The van der Waals surface area contributed by atoms with Crippen LogP contribution < -0.4 is 5.73 Å². The Kier molecular flexibility index (Phi) is 4.69. The van der Waals surface area contributed by atoms with Gasteiger partial charge in [-0.15, -0.1) is 0 Å². The molecular formula is C16H25NO. The van der Waals surface area contributed by atoms with E-state index >= 15 is 0 Å². The highest BCUT2D eigenvalue weighted by Gasteiger charge is 2.23. The van der Waals surface area contributed by atoms with Crippen molar-refractivity contribution in [1.82, 2.24) is 0 Å². The number of carbonyl (C=O) groups excluding carboxylic acids is 1. The minimum absolute atomic E-state index is 0.0166. The first kappa shape index (κ1) is 14.9. The zero-order valence-corrected chi connectivity index (χ0v) is 12.2. The molecule has 0 radical (unpaired) electrons. The SMILES string of the molecule is Cc1ccc(C)c(CC(=O)CC(N)C(C)(C)C)c1. The fraction of sp³-hybridized carbons (Fsp3) is 0.562. The Morgan fingerprint density at radius 2 is 1.89 bits per heavy atom. The van der Waals surface area contributed by atoms with Crippen LogP contribution in [0.15, 0.2) is 18.2 Å². The lowest BCUT2D eigenvalue weighted by atomic mass is 9.83. The summed E-state index contributed by atoms with van der Waals surface area (Å²) in [5.41, 5.74) is 9.54. The third-order valence-corrected chi connectivity index (χ3v) is 3.45. The quantitative estimate of drug-likeness (QED) is 0.888. The van der Waals surface area contributed by atoms with Crippen LogP contribution in [0.25, 0.3) is 0 Å². The van der Waals surface area contributed by atoms with E-state index < -0.39 is 0 Å². The molecule has 0 aliphatic carbocycles. The van der Waals surface area contributed by atoms with Crippen molar-refractivity contribution in [3.8, 4) is 0 Å². The van der Waals surface area contributed by atoms with Crippen molar-refractivity contribution in [3.63, 3.8) is 0 Å². The van der Waals surface area contributed by atoms with Gasteiger partial charge in [0, 0.05) is 18.9 Å².